The van der Waals surface area contributed by atoms with Crippen LogP contribution in [0.5, 0.6) is 0 Å². The van der Waals surface area contributed by atoms with Crippen LogP contribution in [0.4, 0.5) is 8.78 Å². The number of alkyl halides is 2. The molecular formula is C17H19ClF2N4. The van der Waals surface area contributed by atoms with Crippen molar-refractivity contribution in [3.8, 4) is 5.69 Å². The predicted octanol–water partition coefficient (Wildman–Crippen LogP) is 4.21. The Hall–Kier alpha value is -2.21. The van der Waals surface area contributed by atoms with Crippen LogP contribution in [0, 0.1) is 0 Å². The van der Waals surface area contributed by atoms with Gasteiger partial charge in [-0.15, -0.1) is 12.4 Å². The van der Waals surface area contributed by atoms with E-state index in [2.05, 4.69) is 9.97 Å². The summed E-state index contributed by atoms with van der Waals surface area (Å²) in [6.45, 7) is 3.56. The molecule has 0 radical (unpaired) electrons. The van der Waals surface area contributed by atoms with Gasteiger partial charge in [-0.1, -0.05) is 19.1 Å². The standard InChI is InChI=1S/C17H18F2N4.ClH/c1-3-16-20-7-8-22(16)10-14-11-23(12-21-14)15-6-4-5-13(9-15)17(2,18)19;/h4-9,11-12H,3,10H2,1-2H3;1H. The quantitative estimate of drug-likeness (QED) is 0.689. The number of hydrogen-bond acceptors (Lipinski definition) is 2. The number of imidazole rings is 2. The molecule has 0 saturated heterocycles. The van der Waals surface area contributed by atoms with Crippen molar-refractivity contribution in [2.75, 3.05) is 0 Å². The first-order valence-electron chi connectivity index (χ1n) is 7.49. The van der Waals surface area contributed by atoms with Crippen LogP contribution in [-0.2, 0) is 18.9 Å². The highest BCUT2D eigenvalue weighted by Crippen LogP contribution is 2.28. The van der Waals surface area contributed by atoms with Crippen molar-refractivity contribution in [1.82, 2.24) is 19.1 Å². The molecule has 24 heavy (non-hydrogen) atoms. The van der Waals surface area contributed by atoms with Gasteiger partial charge in [0.25, 0.3) is 5.92 Å². The molecule has 0 atom stereocenters. The third kappa shape index (κ3) is 3.82. The van der Waals surface area contributed by atoms with E-state index >= 15 is 0 Å². The molecule has 4 nitrogen and oxygen atoms in total. The summed E-state index contributed by atoms with van der Waals surface area (Å²) >= 11 is 0. The third-order valence-electron chi connectivity index (χ3n) is 3.74. The van der Waals surface area contributed by atoms with Gasteiger partial charge in [-0.25, -0.2) is 18.7 Å². The van der Waals surface area contributed by atoms with Gasteiger partial charge in [0.1, 0.15) is 5.82 Å². The molecule has 2 heterocycles. The van der Waals surface area contributed by atoms with Gasteiger partial charge in [0.2, 0.25) is 0 Å². The summed E-state index contributed by atoms with van der Waals surface area (Å²) in [5.41, 5.74) is 1.52. The lowest BCUT2D eigenvalue weighted by atomic mass is 10.1. The van der Waals surface area contributed by atoms with Crippen molar-refractivity contribution in [3.63, 3.8) is 0 Å². The fraction of sp³-hybridized carbons (Fsp3) is 0.294. The second-order valence-electron chi connectivity index (χ2n) is 5.54. The summed E-state index contributed by atoms with van der Waals surface area (Å²) in [5, 5.41) is 0. The van der Waals surface area contributed by atoms with Crippen molar-refractivity contribution in [3.05, 3.63) is 66.3 Å². The summed E-state index contributed by atoms with van der Waals surface area (Å²) in [6.07, 6.45) is 8.03. The number of hydrogen-bond donors (Lipinski definition) is 0. The van der Waals surface area contributed by atoms with Crippen molar-refractivity contribution < 1.29 is 8.78 Å². The molecular weight excluding hydrogens is 334 g/mol. The zero-order valence-electron chi connectivity index (χ0n) is 13.5. The van der Waals surface area contributed by atoms with E-state index in [1.165, 1.54) is 12.1 Å². The Labute approximate surface area is 145 Å². The fourth-order valence-electron chi connectivity index (χ4n) is 2.50. The molecule has 128 valence electrons. The lowest BCUT2D eigenvalue weighted by Crippen LogP contribution is -2.07. The molecule has 0 aliphatic rings. The number of halogens is 3. The molecule has 0 spiro atoms. The summed E-state index contributed by atoms with van der Waals surface area (Å²) < 4.78 is 30.7. The Morgan fingerprint density at radius 1 is 1.21 bits per heavy atom. The highest BCUT2D eigenvalue weighted by Gasteiger charge is 2.24. The molecule has 1 aromatic carbocycles. The Kier molecular flexibility index (Phi) is 5.39. The topological polar surface area (TPSA) is 35.6 Å². The third-order valence-corrected chi connectivity index (χ3v) is 3.74. The van der Waals surface area contributed by atoms with Crippen LogP contribution in [0.3, 0.4) is 0 Å². The first-order valence-corrected chi connectivity index (χ1v) is 7.49. The monoisotopic (exact) mass is 352 g/mol. The summed E-state index contributed by atoms with van der Waals surface area (Å²) in [6, 6.07) is 6.34. The number of aryl methyl sites for hydroxylation is 1. The Balaban J connectivity index is 0.00000208. The maximum atomic E-state index is 13.5. The largest absolute Gasteiger partial charge is 0.329 e. The Bertz CT molecular complexity index is 805. The highest BCUT2D eigenvalue weighted by molar-refractivity contribution is 5.85. The molecule has 0 bridgehead atoms. The Morgan fingerprint density at radius 2 is 2.00 bits per heavy atom. The Morgan fingerprint density at radius 3 is 2.71 bits per heavy atom. The average Bonchev–Trinajstić information content (AvgIpc) is 3.16. The molecule has 0 fully saturated rings. The smallest absolute Gasteiger partial charge is 0.270 e. The zero-order valence-corrected chi connectivity index (χ0v) is 14.3. The first-order chi connectivity index (χ1) is 11.0. The average molecular weight is 353 g/mol. The molecule has 0 aliphatic carbocycles. The summed E-state index contributed by atoms with van der Waals surface area (Å²) in [4.78, 5) is 8.64. The van der Waals surface area contributed by atoms with Crippen LogP contribution in [0.2, 0.25) is 0 Å². The molecule has 3 rings (SSSR count). The van der Waals surface area contributed by atoms with Gasteiger partial charge < -0.3 is 9.13 Å². The van der Waals surface area contributed by atoms with Gasteiger partial charge >= 0.3 is 0 Å². The van der Waals surface area contributed by atoms with Crippen molar-refractivity contribution in [2.45, 2.75) is 32.7 Å². The lowest BCUT2D eigenvalue weighted by molar-refractivity contribution is 0.0174. The van der Waals surface area contributed by atoms with Gasteiger partial charge in [0, 0.05) is 43.2 Å². The van der Waals surface area contributed by atoms with E-state index in [0.29, 0.717) is 12.2 Å². The van der Waals surface area contributed by atoms with Crippen molar-refractivity contribution in [1.29, 1.82) is 0 Å². The number of rotatable bonds is 5. The molecule has 0 amide bonds. The molecule has 0 saturated carbocycles. The van der Waals surface area contributed by atoms with E-state index in [4.69, 9.17) is 0 Å². The fourth-order valence-corrected chi connectivity index (χ4v) is 2.50. The van der Waals surface area contributed by atoms with E-state index in [-0.39, 0.29) is 18.0 Å². The molecule has 2 aromatic heterocycles. The van der Waals surface area contributed by atoms with Crippen LogP contribution in [0.25, 0.3) is 5.69 Å². The van der Waals surface area contributed by atoms with Crippen LogP contribution in [0.1, 0.15) is 30.9 Å². The van der Waals surface area contributed by atoms with Gasteiger partial charge in [0.05, 0.1) is 18.6 Å². The normalized spacial score (nSPS) is 11.3. The first kappa shape index (κ1) is 18.1. The van der Waals surface area contributed by atoms with Gasteiger partial charge in [-0.3, -0.25) is 0 Å². The second kappa shape index (κ2) is 7.13. The van der Waals surface area contributed by atoms with Crippen molar-refractivity contribution >= 4 is 12.4 Å². The SMILES string of the molecule is CCc1nccn1Cc1cn(-c2cccc(C(C)(F)F)c2)cn1.Cl. The van der Waals surface area contributed by atoms with Crippen LogP contribution < -0.4 is 0 Å². The zero-order chi connectivity index (χ0) is 16.4. The number of nitrogens with zero attached hydrogens (tertiary/aromatic N) is 4. The van der Waals surface area contributed by atoms with Crippen LogP contribution in [-0.4, -0.2) is 19.1 Å². The highest BCUT2D eigenvalue weighted by atomic mass is 35.5. The van der Waals surface area contributed by atoms with E-state index in [0.717, 1.165) is 24.9 Å². The number of aromatic nitrogens is 4. The summed E-state index contributed by atoms with van der Waals surface area (Å²) in [5.74, 6) is -1.86. The van der Waals surface area contributed by atoms with E-state index in [1.54, 1.807) is 29.2 Å². The minimum Gasteiger partial charge on any atom is -0.329 e. The maximum Gasteiger partial charge on any atom is 0.270 e. The van der Waals surface area contributed by atoms with Gasteiger partial charge in [-0.2, -0.15) is 0 Å². The van der Waals surface area contributed by atoms with E-state index in [1.807, 2.05) is 23.9 Å². The number of benzene rings is 1. The molecule has 0 unspecified atom stereocenters. The predicted molar refractivity (Wildman–Crippen MR) is 91.1 cm³/mol. The minimum atomic E-state index is -2.85. The van der Waals surface area contributed by atoms with Crippen molar-refractivity contribution in [2.24, 2.45) is 0 Å². The molecule has 3 aromatic rings. The molecule has 7 heteroatoms. The molecule has 0 N–H and O–H groups in total. The lowest BCUT2D eigenvalue weighted by Gasteiger charge is -2.12. The van der Waals surface area contributed by atoms with Gasteiger partial charge in [-0.05, 0) is 12.1 Å². The maximum absolute atomic E-state index is 13.5. The minimum absolute atomic E-state index is 0. The second-order valence-corrected chi connectivity index (χ2v) is 5.54. The van der Waals surface area contributed by atoms with Gasteiger partial charge in [0.15, 0.2) is 0 Å². The van der Waals surface area contributed by atoms with E-state index < -0.39 is 5.92 Å². The van der Waals surface area contributed by atoms with Crippen LogP contribution in [0.15, 0.2) is 49.2 Å². The van der Waals surface area contributed by atoms with E-state index in [9.17, 15) is 8.78 Å². The molecule has 0 aliphatic heterocycles. The van der Waals surface area contributed by atoms with Crippen LogP contribution >= 0.6 is 12.4 Å². The summed E-state index contributed by atoms with van der Waals surface area (Å²) in [7, 11) is 0.